The summed E-state index contributed by atoms with van der Waals surface area (Å²) in [5, 5.41) is 3.01. The van der Waals surface area contributed by atoms with Crippen molar-refractivity contribution >= 4 is 6.03 Å². The Morgan fingerprint density at radius 1 is 0.969 bits per heavy atom. The monoisotopic (exact) mass is 434 g/mol. The molecule has 0 aromatic heterocycles. The second-order valence-electron chi connectivity index (χ2n) is 7.80. The van der Waals surface area contributed by atoms with Crippen molar-refractivity contribution in [3.8, 4) is 5.75 Å². The Labute approximate surface area is 187 Å². The van der Waals surface area contributed by atoms with Crippen LogP contribution in [0.5, 0.6) is 5.75 Å². The first kappa shape index (κ1) is 21.8. The van der Waals surface area contributed by atoms with E-state index in [4.69, 9.17) is 9.47 Å². The Kier molecular flexibility index (Phi) is 7.35. The highest BCUT2D eigenvalue weighted by Gasteiger charge is 2.20. The Morgan fingerprint density at radius 3 is 2.53 bits per heavy atom. The van der Waals surface area contributed by atoms with Crippen LogP contribution in [0, 0.1) is 5.82 Å². The average Bonchev–Trinajstić information content (AvgIpc) is 3.03. The van der Waals surface area contributed by atoms with Crippen LogP contribution in [0.1, 0.15) is 22.3 Å². The highest BCUT2D eigenvalue weighted by atomic mass is 19.1. The molecule has 3 aromatic carbocycles. The fourth-order valence-electron chi connectivity index (χ4n) is 3.65. The van der Waals surface area contributed by atoms with Gasteiger partial charge in [-0.25, -0.2) is 9.18 Å². The lowest BCUT2D eigenvalue weighted by atomic mass is 10.1. The molecule has 1 N–H and O–H groups in total. The predicted octanol–water partition coefficient (Wildman–Crippen LogP) is 4.69. The molecule has 1 heterocycles. The van der Waals surface area contributed by atoms with Gasteiger partial charge in [0, 0.05) is 12.1 Å². The van der Waals surface area contributed by atoms with Gasteiger partial charge in [-0.3, -0.25) is 0 Å². The first-order valence-corrected chi connectivity index (χ1v) is 10.8. The zero-order chi connectivity index (χ0) is 22.2. The number of hydrogen-bond acceptors (Lipinski definition) is 3. The van der Waals surface area contributed by atoms with E-state index in [2.05, 4.69) is 17.4 Å². The lowest BCUT2D eigenvalue weighted by molar-refractivity contribution is 0.107. The lowest BCUT2D eigenvalue weighted by Crippen LogP contribution is -2.41. The van der Waals surface area contributed by atoms with Gasteiger partial charge in [-0.1, -0.05) is 48.5 Å². The van der Waals surface area contributed by atoms with Crippen molar-refractivity contribution in [2.45, 2.75) is 26.2 Å². The molecule has 0 spiro atoms. The molecule has 0 fully saturated rings. The van der Waals surface area contributed by atoms with Gasteiger partial charge in [-0.15, -0.1) is 0 Å². The van der Waals surface area contributed by atoms with Gasteiger partial charge < -0.3 is 19.7 Å². The number of urea groups is 1. The molecule has 6 heteroatoms. The summed E-state index contributed by atoms with van der Waals surface area (Å²) in [5.74, 6) is 0.542. The third-order valence-corrected chi connectivity index (χ3v) is 5.38. The number of ether oxygens (including phenoxy) is 2. The first-order valence-electron chi connectivity index (χ1n) is 10.8. The van der Waals surface area contributed by atoms with E-state index in [0.717, 1.165) is 28.9 Å². The van der Waals surface area contributed by atoms with Gasteiger partial charge in [0.25, 0.3) is 0 Å². The molecule has 0 unspecified atom stereocenters. The maximum atomic E-state index is 13.0. The van der Waals surface area contributed by atoms with Crippen LogP contribution in [0.2, 0.25) is 0 Å². The number of benzene rings is 3. The summed E-state index contributed by atoms with van der Waals surface area (Å²) in [6.07, 6.45) is 0.795. The van der Waals surface area contributed by atoms with E-state index in [1.165, 1.54) is 17.7 Å². The van der Waals surface area contributed by atoms with Gasteiger partial charge >= 0.3 is 6.03 Å². The van der Waals surface area contributed by atoms with Crippen molar-refractivity contribution < 1.29 is 18.7 Å². The van der Waals surface area contributed by atoms with Crippen molar-refractivity contribution in [3.05, 3.63) is 101 Å². The van der Waals surface area contributed by atoms with E-state index in [0.29, 0.717) is 39.5 Å². The van der Waals surface area contributed by atoms with Crippen LogP contribution >= 0.6 is 0 Å². The molecule has 5 nitrogen and oxygen atoms in total. The summed E-state index contributed by atoms with van der Waals surface area (Å²) in [4.78, 5) is 14.5. The fraction of sp³-hybridized carbons (Fsp3) is 0.269. The summed E-state index contributed by atoms with van der Waals surface area (Å²) in [6, 6.07) is 22.2. The predicted molar refractivity (Wildman–Crippen MR) is 121 cm³/mol. The molecule has 0 aliphatic carbocycles. The van der Waals surface area contributed by atoms with Crippen molar-refractivity contribution in [1.82, 2.24) is 10.2 Å². The summed E-state index contributed by atoms with van der Waals surface area (Å²) < 4.78 is 24.6. The molecular weight excluding hydrogens is 407 g/mol. The third kappa shape index (κ3) is 6.08. The molecular formula is C26H27FN2O3. The third-order valence-electron chi connectivity index (χ3n) is 5.38. The van der Waals surface area contributed by atoms with Gasteiger partial charge in [0.2, 0.25) is 0 Å². The Bertz CT molecular complexity index is 1030. The standard InChI is InChI=1S/C26H27FN2O3/c27-24-9-6-21(7-10-24)18-31-19-22-8-11-25-23(16-22)17-29(14-15-32-25)26(30)28-13-12-20-4-2-1-3-5-20/h1-11,16H,12-15,17-19H2,(H,28,30). The molecule has 2 amide bonds. The van der Waals surface area contributed by atoms with Crippen LogP contribution in [0.25, 0.3) is 0 Å². The van der Waals surface area contributed by atoms with E-state index in [9.17, 15) is 9.18 Å². The molecule has 0 saturated carbocycles. The smallest absolute Gasteiger partial charge is 0.317 e. The number of nitrogens with zero attached hydrogens (tertiary/aromatic N) is 1. The lowest BCUT2D eigenvalue weighted by Gasteiger charge is -2.20. The molecule has 3 aromatic rings. The van der Waals surface area contributed by atoms with Crippen molar-refractivity contribution in [2.24, 2.45) is 0 Å². The number of carbonyl (C=O) groups is 1. The molecule has 1 aliphatic heterocycles. The summed E-state index contributed by atoms with van der Waals surface area (Å²) in [5.41, 5.74) is 4.08. The molecule has 0 atom stereocenters. The number of fused-ring (bicyclic) bond motifs is 1. The van der Waals surface area contributed by atoms with Crippen molar-refractivity contribution in [1.29, 1.82) is 0 Å². The summed E-state index contributed by atoms with van der Waals surface area (Å²) in [6.45, 7) is 2.89. The number of carbonyl (C=O) groups excluding carboxylic acids is 1. The summed E-state index contributed by atoms with van der Waals surface area (Å²) >= 11 is 0. The minimum absolute atomic E-state index is 0.0876. The molecule has 0 bridgehead atoms. The molecule has 166 valence electrons. The second-order valence-corrected chi connectivity index (χ2v) is 7.80. The topological polar surface area (TPSA) is 50.8 Å². The maximum absolute atomic E-state index is 13.0. The maximum Gasteiger partial charge on any atom is 0.317 e. The zero-order valence-corrected chi connectivity index (χ0v) is 17.9. The van der Waals surface area contributed by atoms with Crippen molar-refractivity contribution in [2.75, 3.05) is 19.7 Å². The quantitative estimate of drug-likeness (QED) is 0.587. The second kappa shape index (κ2) is 10.8. The van der Waals surface area contributed by atoms with E-state index >= 15 is 0 Å². The molecule has 32 heavy (non-hydrogen) atoms. The minimum atomic E-state index is -0.256. The highest BCUT2D eigenvalue weighted by Crippen LogP contribution is 2.25. The average molecular weight is 435 g/mol. The number of rotatable bonds is 7. The van der Waals surface area contributed by atoms with Crippen LogP contribution in [0.15, 0.2) is 72.8 Å². The molecule has 0 radical (unpaired) electrons. The van der Waals surface area contributed by atoms with Gasteiger partial charge in [0.05, 0.1) is 26.3 Å². The Balaban J connectivity index is 1.30. The number of hydrogen-bond donors (Lipinski definition) is 1. The van der Waals surface area contributed by atoms with Crippen LogP contribution < -0.4 is 10.1 Å². The largest absolute Gasteiger partial charge is 0.491 e. The van der Waals surface area contributed by atoms with E-state index in [1.54, 1.807) is 17.0 Å². The van der Waals surface area contributed by atoms with Gasteiger partial charge in [-0.2, -0.15) is 0 Å². The van der Waals surface area contributed by atoms with Gasteiger partial charge in [-0.05, 0) is 47.4 Å². The van der Waals surface area contributed by atoms with Crippen LogP contribution in [0.4, 0.5) is 9.18 Å². The normalized spacial score (nSPS) is 13.1. The Morgan fingerprint density at radius 2 is 1.72 bits per heavy atom. The van der Waals surface area contributed by atoms with E-state index in [1.807, 2.05) is 36.4 Å². The van der Waals surface area contributed by atoms with E-state index < -0.39 is 0 Å². The van der Waals surface area contributed by atoms with Crippen LogP contribution in [-0.4, -0.2) is 30.6 Å². The molecule has 0 saturated heterocycles. The minimum Gasteiger partial charge on any atom is -0.491 e. The van der Waals surface area contributed by atoms with E-state index in [-0.39, 0.29) is 11.8 Å². The van der Waals surface area contributed by atoms with Gasteiger partial charge in [0.15, 0.2) is 0 Å². The first-order chi connectivity index (χ1) is 15.7. The van der Waals surface area contributed by atoms with Crippen LogP contribution in [-0.2, 0) is 30.9 Å². The number of nitrogens with one attached hydrogen (secondary N) is 1. The highest BCUT2D eigenvalue weighted by molar-refractivity contribution is 5.74. The van der Waals surface area contributed by atoms with Crippen molar-refractivity contribution in [3.63, 3.8) is 0 Å². The SMILES string of the molecule is O=C(NCCc1ccccc1)N1CCOc2ccc(COCc3ccc(F)cc3)cc2C1. The van der Waals surface area contributed by atoms with Gasteiger partial charge in [0.1, 0.15) is 18.2 Å². The Hall–Kier alpha value is -3.38. The fourth-order valence-corrected chi connectivity index (χ4v) is 3.65. The molecule has 4 rings (SSSR count). The van der Waals surface area contributed by atoms with Crippen LogP contribution in [0.3, 0.4) is 0 Å². The zero-order valence-electron chi connectivity index (χ0n) is 17.9. The summed E-state index contributed by atoms with van der Waals surface area (Å²) in [7, 11) is 0. The number of halogens is 1. The number of amides is 2. The molecule has 1 aliphatic rings.